The molecular weight excluding hydrogens is 306 g/mol. The Kier molecular flexibility index (Phi) is 7.14. The Hall–Kier alpha value is -1.79. The van der Waals surface area contributed by atoms with Gasteiger partial charge in [-0.05, 0) is 37.2 Å². The van der Waals surface area contributed by atoms with E-state index < -0.39 is 0 Å². The summed E-state index contributed by atoms with van der Waals surface area (Å²) in [5, 5.41) is 9.24. The lowest BCUT2D eigenvalue weighted by molar-refractivity contribution is -0.132. The Morgan fingerprint density at radius 3 is 2.14 bits per heavy atom. The maximum Gasteiger partial charge on any atom is 0.253 e. The fraction of sp³-hybridized carbons (Fsp3) is 0.467. The zero-order chi connectivity index (χ0) is 15.2. The van der Waals surface area contributed by atoms with Gasteiger partial charge in [-0.2, -0.15) is 0 Å². The Morgan fingerprint density at radius 1 is 1.05 bits per heavy atom. The van der Waals surface area contributed by atoms with Crippen LogP contribution in [0.15, 0.2) is 24.3 Å². The summed E-state index contributed by atoms with van der Waals surface area (Å²) in [5.41, 5.74) is 5.95. The van der Waals surface area contributed by atoms with Crippen molar-refractivity contribution < 1.29 is 14.7 Å². The minimum absolute atomic E-state index is 0. The van der Waals surface area contributed by atoms with E-state index in [0.29, 0.717) is 51.1 Å². The quantitative estimate of drug-likeness (QED) is 0.858. The second-order valence-electron chi connectivity index (χ2n) is 5.11. The summed E-state index contributed by atoms with van der Waals surface area (Å²) in [6, 6.07) is 6.21. The van der Waals surface area contributed by atoms with E-state index in [1.165, 1.54) is 12.1 Å². The topological polar surface area (TPSA) is 86.9 Å². The fourth-order valence-electron chi connectivity index (χ4n) is 2.36. The number of aromatic hydroxyl groups is 1. The van der Waals surface area contributed by atoms with Gasteiger partial charge < -0.3 is 20.6 Å². The lowest BCUT2D eigenvalue weighted by atomic mass is 10.1. The van der Waals surface area contributed by atoms with Crippen molar-refractivity contribution in [3.8, 4) is 5.75 Å². The number of hydrogen-bond acceptors (Lipinski definition) is 4. The first kappa shape index (κ1) is 18.3. The van der Waals surface area contributed by atoms with Crippen LogP contribution in [0.5, 0.6) is 5.75 Å². The highest BCUT2D eigenvalue weighted by Gasteiger charge is 2.24. The third-order valence-electron chi connectivity index (χ3n) is 3.63. The summed E-state index contributed by atoms with van der Waals surface area (Å²) < 4.78 is 0. The average molecular weight is 328 g/mol. The van der Waals surface area contributed by atoms with Gasteiger partial charge in [0.25, 0.3) is 5.91 Å². The Bertz CT molecular complexity index is 499. The first-order chi connectivity index (χ1) is 10.1. The van der Waals surface area contributed by atoms with Crippen molar-refractivity contribution >= 4 is 24.2 Å². The maximum atomic E-state index is 12.3. The molecule has 1 aromatic rings. The van der Waals surface area contributed by atoms with Gasteiger partial charge in [-0.1, -0.05) is 0 Å². The van der Waals surface area contributed by atoms with E-state index >= 15 is 0 Å². The van der Waals surface area contributed by atoms with Crippen LogP contribution >= 0.6 is 12.4 Å². The lowest BCUT2D eigenvalue weighted by Gasteiger charge is -2.35. The number of nitrogens with two attached hydrogens (primary N) is 1. The Balaban J connectivity index is 0.00000242. The van der Waals surface area contributed by atoms with Crippen LogP contribution in [0, 0.1) is 0 Å². The molecule has 1 aliphatic rings. The van der Waals surface area contributed by atoms with Gasteiger partial charge in [-0.3, -0.25) is 9.59 Å². The summed E-state index contributed by atoms with van der Waals surface area (Å²) in [6.45, 7) is 2.72. The molecule has 0 bridgehead atoms. The number of rotatable bonds is 4. The van der Waals surface area contributed by atoms with Crippen LogP contribution in [0.2, 0.25) is 0 Å². The van der Waals surface area contributed by atoms with E-state index in [9.17, 15) is 14.7 Å². The van der Waals surface area contributed by atoms with Gasteiger partial charge in [0.2, 0.25) is 5.91 Å². The zero-order valence-electron chi connectivity index (χ0n) is 12.4. The van der Waals surface area contributed by atoms with Crippen LogP contribution in [0.1, 0.15) is 23.2 Å². The highest BCUT2D eigenvalue weighted by Crippen LogP contribution is 2.13. The number of benzene rings is 1. The molecule has 122 valence electrons. The lowest BCUT2D eigenvalue weighted by Crippen LogP contribution is -2.50. The molecule has 1 saturated heterocycles. The monoisotopic (exact) mass is 327 g/mol. The molecule has 1 heterocycles. The Labute approximate surface area is 136 Å². The van der Waals surface area contributed by atoms with Crippen LogP contribution in [0.3, 0.4) is 0 Å². The SMILES string of the molecule is Cl.NCCCC(=O)N1CCN(C(=O)c2ccc(O)cc2)CC1. The number of phenolic OH excluding ortho intramolecular Hbond substituents is 1. The van der Waals surface area contributed by atoms with Gasteiger partial charge in [0.1, 0.15) is 5.75 Å². The zero-order valence-corrected chi connectivity index (χ0v) is 13.2. The highest BCUT2D eigenvalue weighted by molar-refractivity contribution is 5.94. The van der Waals surface area contributed by atoms with Crippen molar-refractivity contribution in [1.82, 2.24) is 9.80 Å². The molecular formula is C15H22ClN3O3. The molecule has 1 aliphatic heterocycles. The van der Waals surface area contributed by atoms with Crippen molar-refractivity contribution in [3.05, 3.63) is 29.8 Å². The smallest absolute Gasteiger partial charge is 0.253 e. The molecule has 0 radical (unpaired) electrons. The van der Waals surface area contributed by atoms with Gasteiger partial charge in [0.05, 0.1) is 0 Å². The first-order valence-corrected chi connectivity index (χ1v) is 7.18. The van der Waals surface area contributed by atoms with E-state index in [2.05, 4.69) is 0 Å². The Morgan fingerprint density at radius 2 is 1.59 bits per heavy atom. The number of carbonyl (C=O) groups is 2. The second-order valence-corrected chi connectivity index (χ2v) is 5.11. The summed E-state index contributed by atoms with van der Waals surface area (Å²) in [4.78, 5) is 27.7. The van der Waals surface area contributed by atoms with Crippen molar-refractivity contribution in [3.63, 3.8) is 0 Å². The molecule has 0 spiro atoms. The van der Waals surface area contributed by atoms with Gasteiger partial charge in [-0.15, -0.1) is 12.4 Å². The van der Waals surface area contributed by atoms with Crippen molar-refractivity contribution in [1.29, 1.82) is 0 Å². The first-order valence-electron chi connectivity index (χ1n) is 7.18. The normalized spacial score (nSPS) is 14.4. The number of amides is 2. The third-order valence-corrected chi connectivity index (χ3v) is 3.63. The average Bonchev–Trinajstić information content (AvgIpc) is 2.53. The molecule has 2 amide bonds. The van der Waals surface area contributed by atoms with Gasteiger partial charge in [0, 0.05) is 38.2 Å². The van der Waals surface area contributed by atoms with Crippen molar-refractivity contribution in [2.45, 2.75) is 12.8 Å². The second kappa shape index (κ2) is 8.60. The maximum absolute atomic E-state index is 12.3. The van der Waals surface area contributed by atoms with E-state index in [1.54, 1.807) is 21.9 Å². The molecule has 22 heavy (non-hydrogen) atoms. The summed E-state index contributed by atoms with van der Waals surface area (Å²) in [5.74, 6) is 0.183. The minimum Gasteiger partial charge on any atom is -0.508 e. The van der Waals surface area contributed by atoms with Gasteiger partial charge in [0.15, 0.2) is 0 Å². The van der Waals surface area contributed by atoms with E-state index in [-0.39, 0.29) is 30.0 Å². The molecule has 6 nitrogen and oxygen atoms in total. The van der Waals surface area contributed by atoms with E-state index in [4.69, 9.17) is 5.73 Å². The molecule has 7 heteroatoms. The van der Waals surface area contributed by atoms with Crippen LogP contribution in [0.25, 0.3) is 0 Å². The van der Waals surface area contributed by atoms with Crippen LogP contribution < -0.4 is 5.73 Å². The molecule has 2 rings (SSSR count). The number of halogens is 1. The number of hydrogen-bond donors (Lipinski definition) is 2. The summed E-state index contributed by atoms with van der Waals surface area (Å²) >= 11 is 0. The summed E-state index contributed by atoms with van der Waals surface area (Å²) in [7, 11) is 0. The van der Waals surface area contributed by atoms with Crippen molar-refractivity contribution in [2.24, 2.45) is 5.73 Å². The minimum atomic E-state index is -0.0657. The molecule has 3 N–H and O–H groups in total. The van der Waals surface area contributed by atoms with Crippen molar-refractivity contribution in [2.75, 3.05) is 32.7 Å². The molecule has 0 aliphatic carbocycles. The van der Waals surface area contributed by atoms with Crippen LogP contribution in [-0.4, -0.2) is 59.4 Å². The van der Waals surface area contributed by atoms with E-state index in [1.807, 2.05) is 0 Å². The largest absolute Gasteiger partial charge is 0.508 e. The predicted octanol–water partition coefficient (Wildman–Crippen LogP) is 0.837. The molecule has 1 aromatic carbocycles. The number of piperazine rings is 1. The third kappa shape index (κ3) is 4.61. The summed E-state index contributed by atoms with van der Waals surface area (Å²) in [6.07, 6.45) is 1.17. The standard InChI is InChI=1S/C15H21N3O3.ClH/c16-7-1-2-14(20)17-8-10-18(11-9-17)15(21)12-3-5-13(19)6-4-12;/h3-6,19H,1-2,7-11,16H2;1H. The molecule has 0 aromatic heterocycles. The van der Waals surface area contributed by atoms with Gasteiger partial charge >= 0.3 is 0 Å². The molecule has 0 atom stereocenters. The number of nitrogens with zero attached hydrogens (tertiary/aromatic N) is 2. The predicted molar refractivity (Wildman–Crippen MR) is 86.1 cm³/mol. The highest BCUT2D eigenvalue weighted by atomic mass is 35.5. The van der Waals surface area contributed by atoms with Crippen LogP contribution in [0.4, 0.5) is 0 Å². The molecule has 0 unspecified atom stereocenters. The van der Waals surface area contributed by atoms with Crippen LogP contribution in [-0.2, 0) is 4.79 Å². The van der Waals surface area contributed by atoms with E-state index in [0.717, 1.165) is 0 Å². The fourth-order valence-corrected chi connectivity index (χ4v) is 2.36. The molecule has 0 saturated carbocycles. The molecule has 1 fully saturated rings. The van der Waals surface area contributed by atoms with Gasteiger partial charge in [-0.25, -0.2) is 0 Å². The number of phenols is 1. The number of carbonyl (C=O) groups excluding carboxylic acids is 2.